The van der Waals surface area contributed by atoms with Gasteiger partial charge in [0.15, 0.2) is 0 Å². The second-order valence-corrected chi connectivity index (χ2v) is 5.27. The lowest BCUT2D eigenvalue weighted by molar-refractivity contribution is -0.137. The molecule has 0 atom stereocenters. The lowest BCUT2D eigenvalue weighted by Gasteiger charge is -2.10. The fraction of sp³-hybridized carbons (Fsp3) is 0.222. The normalized spacial score (nSPS) is 11.8. The summed E-state index contributed by atoms with van der Waals surface area (Å²) >= 11 is 0. The Labute approximate surface area is 132 Å². The Morgan fingerprint density at radius 3 is 2.57 bits per heavy atom. The highest BCUT2D eigenvalue weighted by molar-refractivity contribution is 5.83. The first-order valence-corrected chi connectivity index (χ1v) is 7.36. The maximum absolute atomic E-state index is 12.7. The quantitative estimate of drug-likeness (QED) is 0.640. The summed E-state index contributed by atoms with van der Waals surface area (Å²) in [4.78, 5) is 0. The summed E-state index contributed by atoms with van der Waals surface area (Å²) in [6.45, 7) is 3.10. The lowest BCUT2D eigenvalue weighted by Crippen LogP contribution is -2.05. The number of halogens is 3. The van der Waals surface area contributed by atoms with Crippen molar-refractivity contribution in [3.8, 4) is 5.75 Å². The van der Waals surface area contributed by atoms with E-state index in [4.69, 9.17) is 4.74 Å². The highest BCUT2D eigenvalue weighted by Crippen LogP contribution is 2.31. The second-order valence-electron chi connectivity index (χ2n) is 5.27. The Morgan fingerprint density at radius 1 is 1.04 bits per heavy atom. The highest BCUT2D eigenvalue weighted by atomic mass is 19.4. The fourth-order valence-electron chi connectivity index (χ4n) is 2.62. The average molecular weight is 319 g/mol. The molecular formula is C18H16F3NO. The van der Waals surface area contributed by atoms with E-state index in [1.807, 2.05) is 37.4 Å². The maximum Gasteiger partial charge on any atom is 0.416 e. The number of hydrogen-bond acceptors (Lipinski definition) is 1. The maximum atomic E-state index is 12.7. The number of ether oxygens (including phenoxy) is 1. The van der Waals surface area contributed by atoms with Crippen LogP contribution in [0.2, 0.25) is 0 Å². The molecule has 5 heteroatoms. The molecule has 0 radical (unpaired) electrons. The number of aromatic nitrogens is 1. The predicted octanol–water partition coefficient (Wildman–Crippen LogP) is 5.26. The zero-order valence-corrected chi connectivity index (χ0v) is 12.6. The van der Waals surface area contributed by atoms with E-state index in [9.17, 15) is 13.2 Å². The molecule has 3 aromatic rings. The Morgan fingerprint density at radius 2 is 1.83 bits per heavy atom. The smallest absolute Gasteiger partial charge is 0.416 e. The van der Waals surface area contributed by atoms with Crippen molar-refractivity contribution >= 4 is 10.9 Å². The predicted molar refractivity (Wildman–Crippen MR) is 83.4 cm³/mol. The van der Waals surface area contributed by atoms with Crippen molar-refractivity contribution in [1.82, 2.24) is 4.57 Å². The van der Waals surface area contributed by atoms with Gasteiger partial charge in [-0.15, -0.1) is 0 Å². The zero-order chi connectivity index (χ0) is 16.4. The van der Waals surface area contributed by atoms with E-state index < -0.39 is 11.7 Å². The van der Waals surface area contributed by atoms with E-state index in [1.165, 1.54) is 12.1 Å². The number of rotatable bonds is 4. The molecule has 0 bridgehead atoms. The van der Waals surface area contributed by atoms with Crippen molar-refractivity contribution in [2.75, 3.05) is 0 Å². The van der Waals surface area contributed by atoms with Gasteiger partial charge in [0.1, 0.15) is 12.4 Å². The summed E-state index contributed by atoms with van der Waals surface area (Å²) in [5.74, 6) is 0.216. The van der Waals surface area contributed by atoms with Gasteiger partial charge < -0.3 is 9.30 Å². The van der Waals surface area contributed by atoms with Crippen LogP contribution in [0.1, 0.15) is 18.1 Å². The van der Waals surface area contributed by atoms with Gasteiger partial charge in [0.25, 0.3) is 0 Å². The fourth-order valence-corrected chi connectivity index (χ4v) is 2.62. The molecule has 0 aliphatic heterocycles. The van der Waals surface area contributed by atoms with Crippen LogP contribution in [-0.2, 0) is 19.3 Å². The van der Waals surface area contributed by atoms with Crippen LogP contribution in [-0.4, -0.2) is 4.57 Å². The molecule has 2 nitrogen and oxygen atoms in total. The Bertz CT molecular complexity index is 820. The third-order valence-corrected chi connectivity index (χ3v) is 3.77. The van der Waals surface area contributed by atoms with Gasteiger partial charge in [0, 0.05) is 29.2 Å². The van der Waals surface area contributed by atoms with Crippen LogP contribution in [0, 0.1) is 0 Å². The van der Waals surface area contributed by atoms with E-state index >= 15 is 0 Å². The van der Waals surface area contributed by atoms with Gasteiger partial charge in [0.2, 0.25) is 0 Å². The molecule has 23 heavy (non-hydrogen) atoms. The Hall–Kier alpha value is -2.43. The molecule has 0 saturated carbocycles. The number of fused-ring (bicyclic) bond motifs is 1. The van der Waals surface area contributed by atoms with Crippen molar-refractivity contribution in [1.29, 1.82) is 0 Å². The van der Waals surface area contributed by atoms with Crippen LogP contribution >= 0.6 is 0 Å². The Balaban J connectivity index is 1.84. The standard InChI is InChI=1S/C18H16F3NO/c1-2-22-11-13(16-8-3-4-9-17(16)22)12-23-15-7-5-6-14(10-15)18(19,20)21/h3-11H,2,12H2,1H3. The van der Waals surface area contributed by atoms with Gasteiger partial charge in [0.05, 0.1) is 5.56 Å². The summed E-state index contributed by atoms with van der Waals surface area (Å²) in [6, 6.07) is 12.9. The van der Waals surface area contributed by atoms with Crippen LogP contribution in [0.5, 0.6) is 5.75 Å². The van der Waals surface area contributed by atoms with Crippen molar-refractivity contribution in [2.24, 2.45) is 0 Å². The van der Waals surface area contributed by atoms with Crippen LogP contribution < -0.4 is 4.74 Å². The number of nitrogens with zero attached hydrogens (tertiary/aromatic N) is 1. The van der Waals surface area contributed by atoms with Crippen LogP contribution in [0.25, 0.3) is 10.9 Å². The molecule has 120 valence electrons. The van der Waals surface area contributed by atoms with Gasteiger partial charge in [-0.1, -0.05) is 24.3 Å². The SMILES string of the molecule is CCn1cc(COc2cccc(C(F)(F)F)c2)c2ccccc21. The van der Waals surface area contributed by atoms with Crippen LogP contribution in [0.4, 0.5) is 13.2 Å². The number of aryl methyl sites for hydroxylation is 1. The molecule has 2 aromatic carbocycles. The van der Waals surface area contributed by atoms with Crippen LogP contribution in [0.3, 0.4) is 0 Å². The van der Waals surface area contributed by atoms with E-state index in [-0.39, 0.29) is 12.4 Å². The van der Waals surface area contributed by atoms with E-state index in [0.717, 1.165) is 35.1 Å². The molecular weight excluding hydrogens is 303 g/mol. The molecule has 3 rings (SSSR count). The second kappa shape index (κ2) is 5.99. The minimum Gasteiger partial charge on any atom is -0.489 e. The van der Waals surface area contributed by atoms with Gasteiger partial charge in [-0.05, 0) is 31.2 Å². The van der Waals surface area contributed by atoms with Crippen molar-refractivity contribution < 1.29 is 17.9 Å². The van der Waals surface area contributed by atoms with Gasteiger partial charge >= 0.3 is 6.18 Å². The largest absolute Gasteiger partial charge is 0.489 e. The monoisotopic (exact) mass is 319 g/mol. The number of para-hydroxylation sites is 1. The summed E-state index contributed by atoms with van der Waals surface area (Å²) < 4.78 is 45.9. The summed E-state index contributed by atoms with van der Waals surface area (Å²) in [6.07, 6.45) is -2.38. The third-order valence-electron chi connectivity index (χ3n) is 3.77. The average Bonchev–Trinajstić information content (AvgIpc) is 2.90. The molecule has 0 N–H and O–H groups in total. The lowest BCUT2D eigenvalue weighted by atomic mass is 10.2. The molecule has 1 heterocycles. The molecule has 0 aliphatic carbocycles. The highest BCUT2D eigenvalue weighted by Gasteiger charge is 2.30. The minimum absolute atomic E-state index is 0.216. The summed E-state index contributed by atoms with van der Waals surface area (Å²) in [5, 5.41) is 1.06. The van der Waals surface area contributed by atoms with Crippen molar-refractivity contribution in [3.63, 3.8) is 0 Å². The van der Waals surface area contributed by atoms with Gasteiger partial charge in [-0.25, -0.2) is 0 Å². The van der Waals surface area contributed by atoms with E-state index in [2.05, 4.69) is 4.57 Å². The molecule has 0 spiro atoms. The number of hydrogen-bond donors (Lipinski definition) is 0. The first-order valence-electron chi connectivity index (χ1n) is 7.36. The van der Waals surface area contributed by atoms with Crippen molar-refractivity contribution in [3.05, 3.63) is 65.9 Å². The topological polar surface area (TPSA) is 14.2 Å². The minimum atomic E-state index is -4.36. The van der Waals surface area contributed by atoms with E-state index in [1.54, 1.807) is 0 Å². The van der Waals surface area contributed by atoms with Crippen molar-refractivity contribution in [2.45, 2.75) is 26.3 Å². The molecule has 0 saturated heterocycles. The number of alkyl halides is 3. The zero-order valence-electron chi connectivity index (χ0n) is 12.6. The van der Waals surface area contributed by atoms with Gasteiger partial charge in [-0.3, -0.25) is 0 Å². The number of benzene rings is 2. The Kier molecular flexibility index (Phi) is 4.03. The molecule has 0 amide bonds. The molecule has 0 aliphatic rings. The summed E-state index contributed by atoms with van der Waals surface area (Å²) in [5.41, 5.74) is 1.35. The van der Waals surface area contributed by atoms with E-state index in [0.29, 0.717) is 0 Å². The molecule has 1 aromatic heterocycles. The third kappa shape index (κ3) is 3.18. The summed E-state index contributed by atoms with van der Waals surface area (Å²) in [7, 11) is 0. The van der Waals surface area contributed by atoms with Gasteiger partial charge in [-0.2, -0.15) is 13.2 Å². The first kappa shape index (κ1) is 15.5. The molecule has 0 unspecified atom stereocenters. The van der Waals surface area contributed by atoms with Crippen LogP contribution in [0.15, 0.2) is 54.7 Å². The molecule has 0 fully saturated rings. The first-order chi connectivity index (χ1) is 11.0.